The summed E-state index contributed by atoms with van der Waals surface area (Å²) in [6.07, 6.45) is 1.57. The molecule has 0 aliphatic carbocycles. The van der Waals surface area contributed by atoms with Gasteiger partial charge in [0.1, 0.15) is 10.1 Å². The maximum Gasteiger partial charge on any atom is 0.253 e. The fourth-order valence-corrected chi connectivity index (χ4v) is 2.71. The molecule has 0 aliphatic rings. The largest absolute Gasteiger partial charge is 0.361 e. The van der Waals surface area contributed by atoms with Gasteiger partial charge in [0.15, 0.2) is 0 Å². The van der Waals surface area contributed by atoms with Gasteiger partial charge in [-0.2, -0.15) is 0 Å². The summed E-state index contributed by atoms with van der Waals surface area (Å²) in [7, 11) is 0. The van der Waals surface area contributed by atoms with E-state index in [-0.39, 0.29) is 5.91 Å². The van der Waals surface area contributed by atoms with Crippen LogP contribution >= 0.6 is 34.5 Å². The number of halogens is 2. The summed E-state index contributed by atoms with van der Waals surface area (Å²) in [5.41, 5.74) is 1.21. The van der Waals surface area contributed by atoms with Crippen LogP contribution in [0, 0.1) is 6.92 Å². The zero-order chi connectivity index (χ0) is 12.4. The number of thiophene rings is 1. The van der Waals surface area contributed by atoms with Crippen LogP contribution in [0.1, 0.15) is 21.7 Å². The molecule has 0 aromatic carbocycles. The molecule has 0 aliphatic heterocycles. The minimum atomic E-state index is -0.265. The molecule has 7 heteroatoms. The zero-order valence-corrected chi connectivity index (χ0v) is 11.1. The van der Waals surface area contributed by atoms with E-state index in [1.54, 1.807) is 19.2 Å². The smallest absolute Gasteiger partial charge is 0.253 e. The molecule has 0 atom stereocenters. The van der Waals surface area contributed by atoms with E-state index in [0.29, 0.717) is 26.5 Å². The first-order valence-corrected chi connectivity index (χ1v) is 6.28. The maximum absolute atomic E-state index is 11.8. The van der Waals surface area contributed by atoms with Crippen LogP contribution in [0.4, 0.5) is 0 Å². The molecule has 0 saturated carbocycles. The Balaban J connectivity index is 2.03. The number of carbonyl (C=O) groups is 1. The molecule has 1 N–H and O–H groups in total. The van der Waals surface area contributed by atoms with Crippen LogP contribution in [0.15, 0.2) is 16.8 Å². The standard InChI is InChI=1S/C10H8Cl2N2O2S/c1-5-6(4-14-16-5)3-13-10(15)7-2-8(11)17-9(7)12/h2,4H,3H2,1H3,(H,13,15). The van der Waals surface area contributed by atoms with Crippen molar-refractivity contribution < 1.29 is 9.32 Å². The van der Waals surface area contributed by atoms with Gasteiger partial charge in [-0.3, -0.25) is 4.79 Å². The summed E-state index contributed by atoms with van der Waals surface area (Å²) in [5, 5.41) is 6.34. The van der Waals surface area contributed by atoms with E-state index in [9.17, 15) is 4.79 Å². The first kappa shape index (κ1) is 12.4. The third kappa shape index (κ3) is 2.80. The van der Waals surface area contributed by atoms with E-state index >= 15 is 0 Å². The van der Waals surface area contributed by atoms with Gasteiger partial charge < -0.3 is 9.84 Å². The predicted octanol–water partition coefficient (Wildman–Crippen LogP) is 3.28. The van der Waals surface area contributed by atoms with Crippen molar-refractivity contribution in [3.63, 3.8) is 0 Å². The fourth-order valence-electron chi connectivity index (χ4n) is 1.25. The fraction of sp³-hybridized carbons (Fsp3) is 0.200. The Morgan fingerprint density at radius 3 is 2.88 bits per heavy atom. The molecule has 0 radical (unpaired) electrons. The summed E-state index contributed by atoms with van der Waals surface area (Å²) < 4.78 is 5.76. The van der Waals surface area contributed by atoms with Gasteiger partial charge in [-0.05, 0) is 13.0 Å². The Labute approximate surface area is 112 Å². The average molecular weight is 291 g/mol. The molecule has 2 heterocycles. The highest BCUT2D eigenvalue weighted by Crippen LogP contribution is 2.30. The summed E-state index contributed by atoms with van der Waals surface area (Å²) >= 11 is 12.8. The van der Waals surface area contributed by atoms with E-state index in [1.807, 2.05) is 0 Å². The van der Waals surface area contributed by atoms with Crippen LogP contribution in [-0.2, 0) is 6.54 Å². The summed E-state index contributed by atoms with van der Waals surface area (Å²) in [6.45, 7) is 2.13. The Hall–Kier alpha value is -1.04. The van der Waals surface area contributed by atoms with Crippen LogP contribution in [0.2, 0.25) is 8.67 Å². The van der Waals surface area contributed by atoms with Gasteiger partial charge in [-0.25, -0.2) is 0 Å². The van der Waals surface area contributed by atoms with Gasteiger partial charge in [-0.1, -0.05) is 28.4 Å². The molecule has 90 valence electrons. The lowest BCUT2D eigenvalue weighted by Gasteiger charge is -2.02. The first-order valence-electron chi connectivity index (χ1n) is 4.71. The van der Waals surface area contributed by atoms with Gasteiger partial charge >= 0.3 is 0 Å². The van der Waals surface area contributed by atoms with Crippen molar-refractivity contribution in [1.29, 1.82) is 0 Å². The van der Waals surface area contributed by atoms with E-state index in [0.717, 1.165) is 16.9 Å². The minimum absolute atomic E-state index is 0.265. The molecule has 2 aromatic rings. The number of amides is 1. The third-order valence-corrected chi connectivity index (χ3v) is 3.68. The predicted molar refractivity (Wildman–Crippen MR) is 66.7 cm³/mol. The second-order valence-corrected chi connectivity index (χ2v) is 5.61. The maximum atomic E-state index is 11.8. The molecule has 0 bridgehead atoms. The second-order valence-electron chi connectivity index (χ2n) is 3.33. The molecular weight excluding hydrogens is 283 g/mol. The lowest BCUT2D eigenvalue weighted by Crippen LogP contribution is -2.22. The van der Waals surface area contributed by atoms with E-state index < -0.39 is 0 Å². The number of rotatable bonds is 3. The van der Waals surface area contributed by atoms with Crippen molar-refractivity contribution in [2.45, 2.75) is 13.5 Å². The van der Waals surface area contributed by atoms with Crippen LogP contribution in [0.5, 0.6) is 0 Å². The summed E-state index contributed by atoms with van der Waals surface area (Å²) in [4.78, 5) is 11.8. The number of hydrogen-bond donors (Lipinski definition) is 1. The van der Waals surface area contributed by atoms with Crippen molar-refractivity contribution in [1.82, 2.24) is 10.5 Å². The highest BCUT2D eigenvalue weighted by atomic mass is 35.5. The van der Waals surface area contributed by atoms with Crippen LogP contribution in [0.3, 0.4) is 0 Å². The molecule has 0 fully saturated rings. The highest BCUT2D eigenvalue weighted by molar-refractivity contribution is 7.20. The van der Waals surface area contributed by atoms with Crippen LogP contribution < -0.4 is 5.32 Å². The van der Waals surface area contributed by atoms with Gasteiger partial charge in [0, 0.05) is 12.1 Å². The molecule has 17 heavy (non-hydrogen) atoms. The molecular formula is C10H8Cl2N2O2S. The number of aromatic nitrogens is 1. The summed E-state index contributed by atoms with van der Waals surface area (Å²) in [6, 6.07) is 1.55. The molecule has 4 nitrogen and oxygen atoms in total. The number of aryl methyl sites for hydroxylation is 1. The van der Waals surface area contributed by atoms with Crippen LogP contribution in [-0.4, -0.2) is 11.1 Å². The van der Waals surface area contributed by atoms with Gasteiger partial charge in [0.25, 0.3) is 5.91 Å². The molecule has 1 amide bonds. The normalized spacial score (nSPS) is 10.5. The quantitative estimate of drug-likeness (QED) is 0.944. The average Bonchev–Trinajstić information content (AvgIpc) is 2.81. The molecule has 0 saturated heterocycles. The van der Waals surface area contributed by atoms with Crippen molar-refractivity contribution in [2.75, 3.05) is 0 Å². The number of nitrogens with one attached hydrogen (secondary N) is 1. The first-order chi connectivity index (χ1) is 8.08. The van der Waals surface area contributed by atoms with Gasteiger partial charge in [-0.15, -0.1) is 11.3 Å². The zero-order valence-electron chi connectivity index (χ0n) is 8.79. The number of hydrogen-bond acceptors (Lipinski definition) is 4. The van der Waals surface area contributed by atoms with Crippen molar-refractivity contribution in [2.24, 2.45) is 0 Å². The number of carbonyl (C=O) groups excluding carboxylic acids is 1. The Kier molecular flexibility index (Phi) is 3.71. The van der Waals surface area contributed by atoms with E-state index in [1.165, 1.54) is 0 Å². The monoisotopic (exact) mass is 290 g/mol. The highest BCUT2D eigenvalue weighted by Gasteiger charge is 2.14. The SMILES string of the molecule is Cc1oncc1CNC(=O)c1cc(Cl)sc1Cl. The minimum Gasteiger partial charge on any atom is -0.361 e. The lowest BCUT2D eigenvalue weighted by molar-refractivity contribution is 0.0951. The molecule has 0 spiro atoms. The van der Waals surface area contributed by atoms with Crippen molar-refractivity contribution >= 4 is 40.4 Å². The Morgan fingerprint density at radius 1 is 1.59 bits per heavy atom. The Morgan fingerprint density at radius 2 is 2.35 bits per heavy atom. The van der Waals surface area contributed by atoms with E-state index in [2.05, 4.69) is 10.5 Å². The topological polar surface area (TPSA) is 55.1 Å². The molecule has 2 aromatic heterocycles. The second kappa shape index (κ2) is 5.08. The van der Waals surface area contributed by atoms with E-state index in [4.69, 9.17) is 27.7 Å². The third-order valence-electron chi connectivity index (χ3n) is 2.19. The molecule has 0 unspecified atom stereocenters. The number of nitrogens with zero attached hydrogens (tertiary/aromatic N) is 1. The Bertz CT molecular complexity index is 550. The van der Waals surface area contributed by atoms with Crippen LogP contribution in [0.25, 0.3) is 0 Å². The molecule has 2 rings (SSSR count). The van der Waals surface area contributed by atoms with Gasteiger partial charge in [0.2, 0.25) is 0 Å². The lowest BCUT2D eigenvalue weighted by atomic mass is 10.2. The van der Waals surface area contributed by atoms with Gasteiger partial charge in [0.05, 0.1) is 16.1 Å². The van der Waals surface area contributed by atoms with Crippen molar-refractivity contribution in [3.8, 4) is 0 Å². The van der Waals surface area contributed by atoms with Crippen molar-refractivity contribution in [3.05, 3.63) is 37.8 Å². The summed E-state index contributed by atoms with van der Waals surface area (Å²) in [5.74, 6) is 0.415.